The number of aliphatic carboxylic acids is 1. The minimum absolute atomic E-state index is 0.143. The number of allylic oxidation sites excluding steroid dienone is 20. The minimum atomic E-state index is -1.63. The van der Waals surface area contributed by atoms with Gasteiger partial charge in [0.25, 0.3) is 0 Å². The van der Waals surface area contributed by atoms with Gasteiger partial charge >= 0.3 is 11.9 Å². The van der Waals surface area contributed by atoms with Crippen molar-refractivity contribution < 1.29 is 42.9 Å². The van der Waals surface area contributed by atoms with Gasteiger partial charge in [0.05, 0.1) is 40.3 Å². The molecule has 0 saturated heterocycles. The van der Waals surface area contributed by atoms with Crippen LogP contribution in [0.25, 0.3) is 0 Å². The topological polar surface area (TPSA) is 111 Å². The Kier molecular flexibility index (Phi) is 66.2. The van der Waals surface area contributed by atoms with E-state index in [2.05, 4.69) is 135 Å². The first-order chi connectivity index (χ1) is 43.6. The van der Waals surface area contributed by atoms with Crippen LogP contribution in [-0.4, -0.2) is 82.3 Å². The van der Waals surface area contributed by atoms with Crippen molar-refractivity contribution in [3.8, 4) is 0 Å². The molecular weight excluding hydrogens is 1100 g/mol. The molecule has 0 aromatic carbocycles. The van der Waals surface area contributed by atoms with Gasteiger partial charge in [-0.15, -0.1) is 0 Å². The van der Waals surface area contributed by atoms with Crippen LogP contribution in [0, 0.1) is 0 Å². The molecule has 0 aliphatic heterocycles. The number of carboxylic acids is 1. The van der Waals surface area contributed by atoms with Crippen LogP contribution in [0.1, 0.15) is 309 Å². The number of carbonyl (C=O) groups is 3. The highest BCUT2D eigenvalue weighted by Gasteiger charge is 2.22. The second-order valence-corrected chi connectivity index (χ2v) is 25.5. The van der Waals surface area contributed by atoms with Gasteiger partial charge in [0.15, 0.2) is 12.4 Å². The number of hydrogen-bond acceptors (Lipinski definition) is 8. The molecule has 2 unspecified atom stereocenters. The van der Waals surface area contributed by atoms with E-state index >= 15 is 0 Å². The molecule has 510 valence electrons. The second-order valence-electron chi connectivity index (χ2n) is 25.5. The lowest BCUT2D eigenvalue weighted by Crippen LogP contribution is -2.44. The van der Waals surface area contributed by atoms with Crippen molar-refractivity contribution in [1.29, 1.82) is 0 Å². The third kappa shape index (κ3) is 71.0. The smallest absolute Gasteiger partial charge is 0.306 e. The molecule has 9 heteroatoms. The van der Waals surface area contributed by atoms with Gasteiger partial charge in [0.1, 0.15) is 13.2 Å². The molecule has 0 fully saturated rings. The maximum absolute atomic E-state index is 13.0. The SMILES string of the molecule is CC/C=C\C/C=C\C/C=C\C/C=C\C/C=C\C/C=C\C/C=C\CCCCCCCCCCCCCC(=O)OC(COC(=O)CCCCCCCCCCCCCCCCCC/C=C\C/C=C\C/C=C\CCCCCCC)COC(OCC[N+](C)(C)C)C(=O)[O-]. The van der Waals surface area contributed by atoms with Crippen LogP contribution >= 0.6 is 0 Å². The van der Waals surface area contributed by atoms with Gasteiger partial charge in [0.2, 0.25) is 0 Å². The number of ether oxygens (including phenoxy) is 4. The highest BCUT2D eigenvalue weighted by Crippen LogP contribution is 2.17. The molecule has 0 saturated carbocycles. The fraction of sp³-hybridized carbons (Fsp3) is 0.713. The standard InChI is InChI=1S/C80H137NO8/c1-6-8-10-12-14-16-18-20-22-24-26-28-30-32-34-36-38-39-41-43-45-47-49-51-53-55-57-59-61-63-65-67-69-71-78(83)89-76(75-88-80(79(84)85)86-73-72-81(3,4)5)74-87-77(82)70-68-66-64-62-60-58-56-54-52-50-48-46-44-42-40-37-35-33-31-29-27-25-23-21-19-17-15-13-11-9-7-2/h8,10,14,16,19-22,25-28,31-34,38-39,43,45,76,80H,6-7,9,11-13,15,17-18,23-24,29-30,35-37,40-42,44,46-75H2,1-5H3/b10-8-,16-14-,21-19-,22-20-,27-25-,28-26-,33-31-,34-32-,39-38-,45-43-. The predicted octanol–water partition coefficient (Wildman–Crippen LogP) is 21.8. The predicted molar refractivity (Wildman–Crippen MR) is 380 cm³/mol. The fourth-order valence-electron chi connectivity index (χ4n) is 10.1. The molecule has 0 heterocycles. The van der Waals surface area contributed by atoms with Crippen LogP contribution in [0.2, 0.25) is 0 Å². The second kappa shape index (κ2) is 69.6. The van der Waals surface area contributed by atoms with Crippen molar-refractivity contribution in [2.75, 3.05) is 47.5 Å². The lowest BCUT2D eigenvalue weighted by molar-refractivity contribution is -0.870. The van der Waals surface area contributed by atoms with E-state index in [-0.39, 0.29) is 38.6 Å². The maximum atomic E-state index is 13.0. The molecule has 2 atom stereocenters. The molecule has 0 aromatic rings. The summed E-state index contributed by atoms with van der Waals surface area (Å²) in [6, 6.07) is 0. The largest absolute Gasteiger partial charge is 0.545 e. The Morgan fingerprint density at radius 1 is 0.348 bits per heavy atom. The van der Waals surface area contributed by atoms with E-state index in [1.165, 1.54) is 173 Å². The van der Waals surface area contributed by atoms with Gasteiger partial charge in [-0.2, -0.15) is 0 Å². The van der Waals surface area contributed by atoms with Crippen LogP contribution in [0.3, 0.4) is 0 Å². The summed E-state index contributed by atoms with van der Waals surface area (Å²) in [4.78, 5) is 37.5. The first-order valence-corrected chi connectivity index (χ1v) is 36.7. The molecule has 0 aliphatic rings. The summed E-state index contributed by atoms with van der Waals surface area (Å²) >= 11 is 0. The molecular formula is C80H137NO8. The number of hydrogen-bond donors (Lipinski definition) is 0. The quantitative estimate of drug-likeness (QED) is 0.0195. The van der Waals surface area contributed by atoms with Gasteiger partial charge in [0, 0.05) is 12.8 Å². The van der Waals surface area contributed by atoms with Crippen molar-refractivity contribution in [3.05, 3.63) is 122 Å². The number of likely N-dealkylation sites (N-methyl/N-ethyl adjacent to an activating group) is 1. The summed E-state index contributed by atoms with van der Waals surface area (Å²) in [6.45, 7) is 4.64. The van der Waals surface area contributed by atoms with Crippen LogP contribution in [-0.2, 0) is 33.3 Å². The number of quaternary nitrogens is 1. The van der Waals surface area contributed by atoms with Gasteiger partial charge in [-0.25, -0.2) is 0 Å². The summed E-state index contributed by atoms with van der Waals surface area (Å²) in [7, 11) is 5.93. The highest BCUT2D eigenvalue weighted by molar-refractivity contribution is 5.70. The zero-order chi connectivity index (χ0) is 64.7. The Labute approximate surface area is 548 Å². The normalized spacial score (nSPS) is 13.4. The Morgan fingerprint density at radius 3 is 0.955 bits per heavy atom. The number of carboxylic acid groups (broad SMARTS) is 1. The van der Waals surface area contributed by atoms with Crippen LogP contribution in [0.15, 0.2) is 122 Å². The Morgan fingerprint density at radius 2 is 0.640 bits per heavy atom. The summed E-state index contributed by atoms with van der Waals surface area (Å²) in [5.74, 6) is -2.28. The molecule has 0 aliphatic carbocycles. The van der Waals surface area contributed by atoms with Crippen molar-refractivity contribution in [2.45, 2.75) is 322 Å². The zero-order valence-corrected chi connectivity index (χ0v) is 58.3. The fourth-order valence-corrected chi connectivity index (χ4v) is 10.1. The summed E-state index contributed by atoms with van der Waals surface area (Å²) in [5, 5.41) is 11.8. The van der Waals surface area contributed by atoms with E-state index < -0.39 is 24.3 Å². The van der Waals surface area contributed by atoms with E-state index in [9.17, 15) is 19.5 Å². The summed E-state index contributed by atoms with van der Waals surface area (Å²) in [6.07, 6.45) is 95.7. The van der Waals surface area contributed by atoms with E-state index in [1.807, 2.05) is 21.1 Å². The maximum Gasteiger partial charge on any atom is 0.306 e. The molecule has 0 bridgehead atoms. The molecule has 89 heavy (non-hydrogen) atoms. The third-order valence-corrected chi connectivity index (χ3v) is 15.7. The van der Waals surface area contributed by atoms with Crippen molar-refractivity contribution in [2.24, 2.45) is 0 Å². The van der Waals surface area contributed by atoms with Gasteiger partial charge in [-0.1, -0.05) is 309 Å². The zero-order valence-electron chi connectivity index (χ0n) is 58.3. The van der Waals surface area contributed by atoms with E-state index in [4.69, 9.17) is 18.9 Å². The van der Waals surface area contributed by atoms with E-state index in [0.29, 0.717) is 17.4 Å². The van der Waals surface area contributed by atoms with Gasteiger partial charge in [-0.05, 0) is 109 Å². The van der Waals surface area contributed by atoms with Crippen molar-refractivity contribution in [3.63, 3.8) is 0 Å². The first kappa shape index (κ1) is 84.7. The van der Waals surface area contributed by atoms with Crippen molar-refractivity contribution in [1.82, 2.24) is 0 Å². The van der Waals surface area contributed by atoms with Crippen LogP contribution < -0.4 is 5.11 Å². The average molecular weight is 1240 g/mol. The minimum Gasteiger partial charge on any atom is -0.545 e. The Bertz CT molecular complexity index is 1880. The number of esters is 2. The van der Waals surface area contributed by atoms with Crippen LogP contribution in [0.4, 0.5) is 0 Å². The van der Waals surface area contributed by atoms with Gasteiger partial charge < -0.3 is 33.3 Å². The number of rotatable bonds is 67. The number of unbranched alkanes of at least 4 members (excludes halogenated alkanes) is 32. The molecule has 0 N–H and O–H groups in total. The summed E-state index contributed by atoms with van der Waals surface area (Å²) in [5.41, 5.74) is 0. The average Bonchev–Trinajstić information content (AvgIpc) is 3.64. The molecule has 0 radical (unpaired) electrons. The highest BCUT2D eigenvalue weighted by atomic mass is 16.7. The van der Waals surface area contributed by atoms with Gasteiger partial charge in [-0.3, -0.25) is 9.59 Å². The first-order valence-electron chi connectivity index (χ1n) is 36.7. The Balaban J connectivity index is 4.12. The molecule has 0 rings (SSSR count). The lowest BCUT2D eigenvalue weighted by atomic mass is 10.0. The number of nitrogens with zero attached hydrogens (tertiary/aromatic N) is 1. The molecule has 0 aromatic heterocycles. The Hall–Kier alpha value is -4.31. The monoisotopic (exact) mass is 1240 g/mol. The third-order valence-electron chi connectivity index (χ3n) is 15.7. The molecule has 0 spiro atoms. The number of carbonyl (C=O) groups excluding carboxylic acids is 3. The molecule has 0 amide bonds. The summed E-state index contributed by atoms with van der Waals surface area (Å²) < 4.78 is 22.8. The van der Waals surface area contributed by atoms with Crippen LogP contribution in [0.5, 0.6) is 0 Å². The lowest BCUT2D eigenvalue weighted by Gasteiger charge is -2.26. The van der Waals surface area contributed by atoms with E-state index in [1.54, 1.807) is 0 Å². The van der Waals surface area contributed by atoms with E-state index in [0.717, 1.165) is 103 Å². The molecule has 9 nitrogen and oxygen atoms in total. The van der Waals surface area contributed by atoms with Crippen molar-refractivity contribution >= 4 is 17.9 Å².